The number of rotatable bonds is 9. The highest BCUT2D eigenvalue weighted by Gasteiger charge is 2.21. The molecule has 0 bridgehead atoms. The number of hydrogen-bond acceptors (Lipinski definition) is 5. The first kappa shape index (κ1) is 18.7. The molecular weight excluding hydrogens is 322 g/mol. The van der Waals surface area contributed by atoms with Crippen LogP contribution in [0.5, 0.6) is 0 Å². The van der Waals surface area contributed by atoms with Crippen molar-refractivity contribution in [3.8, 4) is 0 Å². The Bertz CT molecular complexity index is 449. The summed E-state index contributed by atoms with van der Waals surface area (Å²) >= 11 is 0.583. The number of furan rings is 1. The summed E-state index contributed by atoms with van der Waals surface area (Å²) in [6.07, 6.45) is 1.67. The van der Waals surface area contributed by atoms with E-state index in [1.807, 2.05) is 6.07 Å². The molecule has 1 saturated heterocycles. The summed E-state index contributed by atoms with van der Waals surface area (Å²) in [4.78, 5) is 2.44. The van der Waals surface area contributed by atoms with Crippen molar-refractivity contribution < 1.29 is 17.9 Å². The Labute approximate surface area is 140 Å². The predicted octanol–water partition coefficient (Wildman–Crippen LogP) is 3.32. The van der Waals surface area contributed by atoms with E-state index in [0.717, 1.165) is 38.4 Å². The SMILES string of the molecule is CC1CN(CCCNCc2ccc(CSC(F)F)o2)CC(C)O1. The maximum absolute atomic E-state index is 12.1. The van der Waals surface area contributed by atoms with Gasteiger partial charge in [0.15, 0.2) is 0 Å². The Balaban J connectivity index is 1.57. The van der Waals surface area contributed by atoms with E-state index in [1.54, 1.807) is 6.07 Å². The normalized spacial score (nSPS) is 22.8. The number of morpholine rings is 1. The molecule has 1 aliphatic rings. The molecule has 7 heteroatoms. The van der Waals surface area contributed by atoms with E-state index >= 15 is 0 Å². The fourth-order valence-electron chi connectivity index (χ4n) is 2.85. The third-order valence-electron chi connectivity index (χ3n) is 3.69. The topological polar surface area (TPSA) is 37.6 Å². The third-order valence-corrected chi connectivity index (χ3v) is 4.39. The van der Waals surface area contributed by atoms with E-state index in [0.29, 0.717) is 36.3 Å². The molecule has 0 saturated carbocycles. The molecule has 1 aromatic rings. The molecule has 1 fully saturated rings. The van der Waals surface area contributed by atoms with Gasteiger partial charge in [-0.1, -0.05) is 11.8 Å². The van der Waals surface area contributed by atoms with E-state index < -0.39 is 5.76 Å². The molecule has 2 atom stereocenters. The first-order valence-corrected chi connectivity index (χ1v) is 9.13. The number of ether oxygens (including phenoxy) is 1. The van der Waals surface area contributed by atoms with Crippen LogP contribution >= 0.6 is 11.8 Å². The Morgan fingerprint density at radius 2 is 1.96 bits per heavy atom. The first-order valence-electron chi connectivity index (χ1n) is 8.09. The second-order valence-electron chi connectivity index (χ2n) is 5.99. The molecule has 0 spiro atoms. The number of nitrogens with one attached hydrogen (secondary N) is 1. The minimum Gasteiger partial charge on any atom is -0.464 e. The number of hydrogen-bond donors (Lipinski definition) is 1. The summed E-state index contributed by atoms with van der Waals surface area (Å²) < 4.78 is 35.5. The van der Waals surface area contributed by atoms with Gasteiger partial charge in [-0.2, -0.15) is 8.78 Å². The van der Waals surface area contributed by atoms with Crippen molar-refractivity contribution in [3.05, 3.63) is 23.7 Å². The van der Waals surface area contributed by atoms with Crippen LogP contribution in [0.15, 0.2) is 16.5 Å². The zero-order valence-corrected chi connectivity index (χ0v) is 14.6. The van der Waals surface area contributed by atoms with Gasteiger partial charge < -0.3 is 14.5 Å². The molecule has 1 aromatic heterocycles. The lowest BCUT2D eigenvalue weighted by molar-refractivity contribution is -0.0680. The second-order valence-corrected chi connectivity index (χ2v) is 6.97. The molecule has 2 heterocycles. The fourth-order valence-corrected chi connectivity index (χ4v) is 3.29. The molecule has 0 radical (unpaired) electrons. The van der Waals surface area contributed by atoms with Crippen LogP contribution in [0.2, 0.25) is 0 Å². The van der Waals surface area contributed by atoms with E-state index in [-0.39, 0.29) is 5.75 Å². The molecule has 4 nitrogen and oxygen atoms in total. The van der Waals surface area contributed by atoms with Crippen LogP contribution < -0.4 is 5.32 Å². The molecule has 0 aromatic carbocycles. The van der Waals surface area contributed by atoms with Gasteiger partial charge in [-0.15, -0.1) is 0 Å². The fraction of sp³-hybridized carbons (Fsp3) is 0.750. The van der Waals surface area contributed by atoms with E-state index in [1.165, 1.54) is 0 Å². The molecule has 1 N–H and O–H groups in total. The van der Waals surface area contributed by atoms with Crippen LogP contribution in [0.25, 0.3) is 0 Å². The summed E-state index contributed by atoms with van der Waals surface area (Å²) in [5, 5.41) is 3.34. The van der Waals surface area contributed by atoms with Crippen molar-refractivity contribution in [2.45, 2.75) is 50.5 Å². The maximum Gasteiger partial charge on any atom is 0.284 e. The Kier molecular flexibility index (Phi) is 7.82. The molecular formula is C16H26F2N2O2S. The van der Waals surface area contributed by atoms with Crippen molar-refractivity contribution >= 4 is 11.8 Å². The van der Waals surface area contributed by atoms with Crippen LogP contribution in [0.4, 0.5) is 8.78 Å². The van der Waals surface area contributed by atoms with Crippen LogP contribution in [0.1, 0.15) is 31.8 Å². The van der Waals surface area contributed by atoms with E-state index in [2.05, 4.69) is 24.1 Å². The van der Waals surface area contributed by atoms with Crippen molar-refractivity contribution in [2.24, 2.45) is 0 Å². The predicted molar refractivity (Wildman–Crippen MR) is 88.8 cm³/mol. The summed E-state index contributed by atoms with van der Waals surface area (Å²) in [6.45, 7) is 8.81. The highest BCUT2D eigenvalue weighted by atomic mass is 32.2. The molecule has 2 rings (SSSR count). The van der Waals surface area contributed by atoms with Gasteiger partial charge in [0.2, 0.25) is 0 Å². The summed E-state index contributed by atoms with van der Waals surface area (Å²) in [6, 6.07) is 3.61. The average Bonchev–Trinajstić information content (AvgIpc) is 2.91. The minimum absolute atomic E-state index is 0.213. The Hall–Kier alpha value is -0.630. The quantitative estimate of drug-likeness (QED) is 0.693. The van der Waals surface area contributed by atoms with Crippen LogP contribution in [-0.2, 0) is 17.0 Å². The number of halogens is 2. The summed E-state index contributed by atoms with van der Waals surface area (Å²) in [7, 11) is 0. The highest BCUT2D eigenvalue weighted by molar-refractivity contribution is 7.98. The second kappa shape index (κ2) is 9.61. The van der Waals surface area contributed by atoms with E-state index in [4.69, 9.17) is 9.15 Å². The zero-order valence-electron chi connectivity index (χ0n) is 13.8. The van der Waals surface area contributed by atoms with Gasteiger partial charge in [-0.25, -0.2) is 0 Å². The lowest BCUT2D eigenvalue weighted by Crippen LogP contribution is -2.46. The number of nitrogens with zero attached hydrogens (tertiary/aromatic N) is 1. The zero-order chi connectivity index (χ0) is 16.7. The van der Waals surface area contributed by atoms with Crippen LogP contribution in [0, 0.1) is 0 Å². The largest absolute Gasteiger partial charge is 0.464 e. The van der Waals surface area contributed by atoms with Crippen molar-refractivity contribution in [1.29, 1.82) is 0 Å². The lowest BCUT2D eigenvalue weighted by atomic mass is 10.2. The highest BCUT2D eigenvalue weighted by Crippen LogP contribution is 2.21. The smallest absolute Gasteiger partial charge is 0.284 e. The first-order chi connectivity index (χ1) is 11.0. The van der Waals surface area contributed by atoms with Crippen molar-refractivity contribution in [2.75, 3.05) is 26.2 Å². The van der Waals surface area contributed by atoms with Gasteiger partial charge in [0, 0.05) is 13.1 Å². The minimum atomic E-state index is -2.35. The van der Waals surface area contributed by atoms with Crippen LogP contribution in [0.3, 0.4) is 0 Å². The molecule has 1 aliphatic heterocycles. The average molecular weight is 348 g/mol. The van der Waals surface area contributed by atoms with Gasteiger partial charge in [0.25, 0.3) is 5.76 Å². The van der Waals surface area contributed by atoms with Gasteiger partial charge >= 0.3 is 0 Å². The van der Waals surface area contributed by atoms with Crippen molar-refractivity contribution in [3.63, 3.8) is 0 Å². The number of alkyl halides is 2. The van der Waals surface area contributed by atoms with Crippen molar-refractivity contribution in [1.82, 2.24) is 10.2 Å². The van der Waals surface area contributed by atoms with Gasteiger partial charge in [0.05, 0.1) is 24.5 Å². The Morgan fingerprint density at radius 1 is 1.26 bits per heavy atom. The molecule has 0 aliphatic carbocycles. The lowest BCUT2D eigenvalue weighted by Gasteiger charge is -2.35. The summed E-state index contributed by atoms with van der Waals surface area (Å²) in [5.41, 5.74) is 0. The van der Waals surface area contributed by atoms with Gasteiger partial charge in [0.1, 0.15) is 11.5 Å². The molecule has 23 heavy (non-hydrogen) atoms. The van der Waals surface area contributed by atoms with Gasteiger partial charge in [-0.05, 0) is 45.5 Å². The third kappa shape index (κ3) is 7.20. The Morgan fingerprint density at radius 3 is 2.65 bits per heavy atom. The number of thioether (sulfide) groups is 1. The molecule has 132 valence electrons. The summed E-state index contributed by atoms with van der Waals surface area (Å²) in [5.74, 6) is -0.746. The maximum atomic E-state index is 12.1. The van der Waals surface area contributed by atoms with E-state index in [9.17, 15) is 8.78 Å². The van der Waals surface area contributed by atoms with Crippen LogP contribution in [-0.4, -0.2) is 49.0 Å². The molecule has 2 unspecified atom stereocenters. The van der Waals surface area contributed by atoms with Gasteiger partial charge in [-0.3, -0.25) is 4.90 Å². The standard InChI is InChI=1S/C16H26F2N2O2S/c1-12-9-20(10-13(2)21-12)7-3-6-19-8-14-4-5-15(22-14)11-23-16(17)18/h4-5,12-13,16,19H,3,6-11H2,1-2H3. The monoisotopic (exact) mass is 348 g/mol. The molecule has 0 amide bonds.